The zero-order valence-corrected chi connectivity index (χ0v) is 32.8. The topological polar surface area (TPSA) is 193 Å². The van der Waals surface area contributed by atoms with E-state index in [4.69, 9.17) is 0 Å². The minimum atomic E-state index is -1.02. The molecule has 1 atom stereocenters. The van der Waals surface area contributed by atoms with Gasteiger partial charge in [-0.1, -0.05) is 19.1 Å². The number of nitriles is 2. The van der Waals surface area contributed by atoms with Crippen molar-refractivity contribution in [3.05, 3.63) is 174 Å². The fourth-order valence-electron chi connectivity index (χ4n) is 7.22. The molecule has 61 heavy (non-hydrogen) atoms. The normalized spacial score (nSPS) is 11.3. The maximum absolute atomic E-state index is 14.3. The van der Waals surface area contributed by atoms with Crippen LogP contribution >= 0.6 is 0 Å². The van der Waals surface area contributed by atoms with Crippen LogP contribution in [-0.2, 0) is 13.0 Å². The summed E-state index contributed by atoms with van der Waals surface area (Å²) in [4.78, 5) is 38.9. The van der Waals surface area contributed by atoms with Gasteiger partial charge >= 0.3 is 5.97 Å². The Bertz CT molecular complexity index is 3050. The first-order valence-corrected chi connectivity index (χ1v) is 19.3. The average molecular weight is 802 g/mol. The molecule has 0 radical (unpaired) electrons. The van der Waals surface area contributed by atoms with Crippen molar-refractivity contribution in [2.24, 2.45) is 5.92 Å². The lowest BCUT2D eigenvalue weighted by molar-refractivity contribution is -0.677. The summed E-state index contributed by atoms with van der Waals surface area (Å²) < 4.78 is 2.12. The van der Waals surface area contributed by atoms with Crippen LogP contribution in [0.1, 0.15) is 44.3 Å². The summed E-state index contributed by atoms with van der Waals surface area (Å²) in [6.07, 6.45) is 9.20. The standard InChI is InChI=1S/C48H36N10O3/c1-30(29-58-20-15-44(41-23-32(28-50)6-10-45(41)58)55-36-4-2-3-34(24-36)48(60)61)21-33-7-8-37(56-43-14-19-52-42-9-5-31(27-49)22-40(42)43)25-39(33)47(59)57-46-26-38(13-18-53-46)54-35-11-16-51-17-12-35/h2-20,22-26,30H,21,29H2,1H3,(H4,51,52,53,54,56,57,59,60,61)/p+1. The highest BCUT2D eigenvalue weighted by atomic mass is 16.4. The van der Waals surface area contributed by atoms with Crippen LogP contribution in [0.5, 0.6) is 0 Å². The number of anilines is 7. The number of nitrogens with zero attached hydrogens (tertiary/aromatic N) is 6. The minimum absolute atomic E-state index is 0.0276. The molecule has 8 aromatic rings. The van der Waals surface area contributed by atoms with Gasteiger partial charge in [-0.25, -0.2) is 9.78 Å². The van der Waals surface area contributed by atoms with Crippen molar-refractivity contribution in [2.75, 3.05) is 21.3 Å². The molecular formula is C48H37N10O3+. The smallest absolute Gasteiger partial charge is 0.335 e. The third-order valence-electron chi connectivity index (χ3n) is 10.1. The number of carboxylic acids is 1. The van der Waals surface area contributed by atoms with E-state index in [1.165, 1.54) is 6.07 Å². The molecule has 5 N–H and O–H groups in total. The second-order valence-electron chi connectivity index (χ2n) is 14.5. The number of rotatable bonds is 13. The van der Waals surface area contributed by atoms with E-state index in [0.29, 0.717) is 46.8 Å². The van der Waals surface area contributed by atoms with E-state index in [9.17, 15) is 25.2 Å². The van der Waals surface area contributed by atoms with E-state index < -0.39 is 5.97 Å². The number of amides is 1. The van der Waals surface area contributed by atoms with Gasteiger partial charge in [-0.3, -0.25) is 14.8 Å². The van der Waals surface area contributed by atoms with Gasteiger partial charge in [-0.15, -0.1) is 0 Å². The summed E-state index contributed by atoms with van der Waals surface area (Å²) in [5, 5.41) is 43.5. The number of pyridine rings is 4. The van der Waals surface area contributed by atoms with E-state index >= 15 is 0 Å². The van der Waals surface area contributed by atoms with Crippen LogP contribution in [0.3, 0.4) is 0 Å². The molecule has 0 aliphatic rings. The van der Waals surface area contributed by atoms with Crippen molar-refractivity contribution in [1.82, 2.24) is 15.0 Å². The maximum Gasteiger partial charge on any atom is 0.335 e. The summed E-state index contributed by atoms with van der Waals surface area (Å²) in [6.45, 7) is 2.69. The van der Waals surface area contributed by atoms with Crippen molar-refractivity contribution in [1.29, 1.82) is 10.5 Å². The van der Waals surface area contributed by atoms with E-state index in [1.54, 1.807) is 73.3 Å². The molecule has 4 heterocycles. The SMILES string of the molecule is CC(Cc1ccc(Nc2ccnc3ccc(C#N)cc23)cc1C(=O)Nc1cc(Nc2ccncc2)ccn1)C[n+]1ccc(Nc2cccc(C(=O)O)c2)c2cc(C#N)ccc21. The van der Waals surface area contributed by atoms with Crippen molar-refractivity contribution >= 4 is 73.6 Å². The van der Waals surface area contributed by atoms with Crippen LogP contribution in [0.15, 0.2) is 146 Å². The largest absolute Gasteiger partial charge is 0.478 e. The highest BCUT2D eigenvalue weighted by Gasteiger charge is 2.21. The summed E-state index contributed by atoms with van der Waals surface area (Å²) in [5.41, 5.74) is 8.35. The van der Waals surface area contributed by atoms with Gasteiger partial charge in [0.05, 0.1) is 45.4 Å². The minimum Gasteiger partial charge on any atom is -0.478 e. The molecule has 1 unspecified atom stereocenters. The number of aromatic nitrogens is 4. The first kappa shape index (κ1) is 39.2. The molecule has 0 saturated carbocycles. The molecule has 296 valence electrons. The van der Waals surface area contributed by atoms with Crippen LogP contribution in [0.2, 0.25) is 0 Å². The van der Waals surface area contributed by atoms with Gasteiger partial charge in [-0.2, -0.15) is 15.1 Å². The van der Waals surface area contributed by atoms with E-state index in [2.05, 4.69) is 59.8 Å². The predicted molar refractivity (Wildman–Crippen MR) is 234 cm³/mol. The lowest BCUT2D eigenvalue weighted by atomic mass is 9.95. The van der Waals surface area contributed by atoms with Crippen molar-refractivity contribution in [3.8, 4) is 12.1 Å². The summed E-state index contributed by atoms with van der Waals surface area (Å²) in [5.74, 6) is -0.966. The fraction of sp³-hybridized carbons (Fsp3) is 0.0833. The zero-order chi connectivity index (χ0) is 42.3. The molecule has 13 heteroatoms. The van der Waals surface area contributed by atoms with Crippen LogP contribution in [-0.4, -0.2) is 31.9 Å². The molecule has 13 nitrogen and oxygen atoms in total. The second-order valence-corrected chi connectivity index (χ2v) is 14.5. The molecule has 4 aromatic carbocycles. The monoisotopic (exact) mass is 801 g/mol. The van der Waals surface area contributed by atoms with Gasteiger partial charge in [0.1, 0.15) is 5.82 Å². The Morgan fingerprint density at radius 2 is 1.41 bits per heavy atom. The first-order chi connectivity index (χ1) is 29.7. The maximum atomic E-state index is 14.3. The van der Waals surface area contributed by atoms with Gasteiger partial charge in [0.15, 0.2) is 12.7 Å². The second kappa shape index (κ2) is 17.4. The molecule has 0 saturated heterocycles. The predicted octanol–water partition coefficient (Wildman–Crippen LogP) is 9.27. The van der Waals surface area contributed by atoms with Crippen LogP contribution < -0.4 is 25.8 Å². The molecule has 4 aromatic heterocycles. The van der Waals surface area contributed by atoms with Gasteiger partial charge < -0.3 is 26.4 Å². The van der Waals surface area contributed by atoms with Crippen molar-refractivity contribution in [2.45, 2.75) is 19.9 Å². The first-order valence-electron chi connectivity index (χ1n) is 19.3. The summed E-state index contributed by atoms with van der Waals surface area (Å²) in [7, 11) is 0. The Balaban J connectivity index is 1.09. The lowest BCUT2D eigenvalue weighted by Gasteiger charge is -2.17. The number of benzene rings is 4. The van der Waals surface area contributed by atoms with Crippen molar-refractivity contribution < 1.29 is 19.3 Å². The van der Waals surface area contributed by atoms with Crippen LogP contribution in [0.4, 0.5) is 39.9 Å². The van der Waals surface area contributed by atoms with E-state index in [-0.39, 0.29) is 17.4 Å². The fourth-order valence-corrected chi connectivity index (χ4v) is 7.22. The van der Waals surface area contributed by atoms with Gasteiger partial charge in [0.25, 0.3) is 5.91 Å². The molecule has 0 aliphatic heterocycles. The number of carbonyl (C=O) groups excluding carboxylic acids is 1. The van der Waals surface area contributed by atoms with Crippen molar-refractivity contribution in [3.63, 3.8) is 0 Å². The molecule has 0 bridgehead atoms. The Morgan fingerprint density at radius 1 is 0.705 bits per heavy atom. The molecule has 0 fully saturated rings. The lowest BCUT2D eigenvalue weighted by Crippen LogP contribution is -2.38. The molecule has 8 rings (SSSR count). The number of fused-ring (bicyclic) bond motifs is 2. The van der Waals surface area contributed by atoms with Gasteiger partial charge in [0.2, 0.25) is 5.52 Å². The van der Waals surface area contributed by atoms with E-state index in [1.807, 2.05) is 66.9 Å². The number of nitrogens with one attached hydrogen (secondary N) is 4. The number of carboxylic acid groups (broad SMARTS) is 1. The summed E-state index contributed by atoms with van der Waals surface area (Å²) >= 11 is 0. The number of aromatic carboxylic acids is 1. The number of hydrogen-bond acceptors (Lipinski definition) is 10. The third-order valence-corrected chi connectivity index (χ3v) is 10.1. The highest BCUT2D eigenvalue weighted by Crippen LogP contribution is 2.30. The Labute approximate surface area is 350 Å². The summed E-state index contributed by atoms with van der Waals surface area (Å²) in [6, 6.07) is 38.5. The number of hydrogen-bond donors (Lipinski definition) is 5. The van der Waals surface area contributed by atoms with Crippen LogP contribution in [0, 0.1) is 28.6 Å². The Morgan fingerprint density at radius 3 is 2.20 bits per heavy atom. The highest BCUT2D eigenvalue weighted by molar-refractivity contribution is 6.06. The van der Waals surface area contributed by atoms with Crippen LogP contribution in [0.25, 0.3) is 21.8 Å². The molecule has 1 amide bonds. The third kappa shape index (κ3) is 9.07. The zero-order valence-electron chi connectivity index (χ0n) is 32.8. The van der Waals surface area contributed by atoms with Gasteiger partial charge in [0, 0.05) is 88.3 Å². The van der Waals surface area contributed by atoms with Gasteiger partial charge in [-0.05, 0) is 96.9 Å². The number of carbonyl (C=O) groups is 2. The molecule has 0 spiro atoms. The Kier molecular flexibility index (Phi) is 11.2. The average Bonchev–Trinajstić information content (AvgIpc) is 3.28. The Hall–Kier alpha value is -8.68. The van der Waals surface area contributed by atoms with E-state index in [0.717, 1.165) is 50.1 Å². The molecular weight excluding hydrogens is 765 g/mol. The molecule has 0 aliphatic carbocycles. The quantitative estimate of drug-likeness (QED) is 0.0698.